The van der Waals surface area contributed by atoms with Crippen molar-refractivity contribution < 1.29 is 132 Å². The number of Topliss-reactive ketones (excluding diaryl/α,β-unsaturated/α-hetero) is 1. The van der Waals surface area contributed by atoms with Crippen LogP contribution in [0, 0.1) is 47.3 Å². The fourth-order valence-corrected chi connectivity index (χ4v) is 18.8. The number of carbonyl (C=O) groups excluding carboxylic acids is 7. The van der Waals surface area contributed by atoms with Gasteiger partial charge in [-0.1, -0.05) is 97.8 Å². The molecule has 6 amide bonds. The minimum Gasteiger partial charge on any atom is -0.396 e. The summed E-state index contributed by atoms with van der Waals surface area (Å²) in [6.07, 6.45) is -12.8. The zero-order valence-corrected chi connectivity index (χ0v) is 67.7. The van der Waals surface area contributed by atoms with E-state index in [0.29, 0.717) is 70.6 Å². The third-order valence-electron chi connectivity index (χ3n) is 26.2. The van der Waals surface area contributed by atoms with Crippen molar-refractivity contribution in [3.63, 3.8) is 0 Å². The van der Waals surface area contributed by atoms with Crippen LogP contribution < -0.4 is 21.3 Å². The molecule has 33 heteroatoms. The van der Waals surface area contributed by atoms with Gasteiger partial charge in [-0.05, 0) is 102 Å². The second kappa shape index (κ2) is 44.3. The van der Waals surface area contributed by atoms with E-state index in [1.165, 1.54) is 13.8 Å². The van der Waals surface area contributed by atoms with Crippen LogP contribution in [-0.4, -0.2) is 321 Å². The summed E-state index contributed by atoms with van der Waals surface area (Å²) in [7, 11) is 0. The van der Waals surface area contributed by atoms with E-state index in [9.17, 15) is 84.6 Å². The lowest BCUT2D eigenvalue weighted by atomic mass is 9.74. The van der Waals surface area contributed by atoms with Gasteiger partial charge in [0.2, 0.25) is 23.6 Å². The number of hydrogen-bond acceptors (Lipinski definition) is 27. The molecule has 0 aromatic heterocycles. The predicted molar refractivity (Wildman–Crippen MR) is 406 cm³/mol. The topological polar surface area (TPSA) is 469 Å². The Morgan fingerprint density at radius 2 is 0.956 bits per heavy atom. The van der Waals surface area contributed by atoms with Crippen LogP contribution in [0.15, 0.2) is 0 Å². The second-order valence-corrected chi connectivity index (χ2v) is 34.3. The van der Waals surface area contributed by atoms with Crippen LogP contribution in [0.5, 0.6) is 0 Å². The quantitative estimate of drug-likeness (QED) is 0.0373. The van der Waals surface area contributed by atoms with Gasteiger partial charge in [0.1, 0.15) is 79.0 Å². The number of amides is 6. The molecule has 5 aliphatic carbocycles. The monoisotopic (exact) mass is 1620 g/mol. The number of ether oxygens (including phenoxy) is 10. The molecule has 0 spiro atoms. The Hall–Kier alpha value is -4.31. The number of likely N-dealkylation sites (tertiary alicyclic amines) is 2. The molecule has 1 unspecified atom stereocenters. The smallest absolute Gasteiger partial charge is 0.251 e. The van der Waals surface area contributed by atoms with Crippen molar-refractivity contribution in [1.29, 1.82) is 0 Å². The highest BCUT2D eigenvalue weighted by atomic mass is 16.7. The number of ketones is 1. The molecule has 10 aliphatic rings. The summed E-state index contributed by atoms with van der Waals surface area (Å²) >= 11 is 0. The molecule has 0 aromatic rings. The first-order valence-electron chi connectivity index (χ1n) is 43.0. The Kier molecular flexibility index (Phi) is 35.7. The summed E-state index contributed by atoms with van der Waals surface area (Å²) in [5.74, 6) is -4.83. The SMILES string of the molecule is CC[C@H]1C[C@@H](C(=O)CCCNC(=O)CCOCCC(=O)NCCNC(=O)[C@@H]2C[C@H](CC)[C@@H](O[C@@H]3O[C@@H](C)[C@@H](O)[C@@H](O)[C@@H]3O)[C@H](O[C@@H]3C[C@H](CO)[C@H](O)[C@H](O[C@@H](CC4CCCCC4)C(=O)N4CCC4)[C@H]3C)C2)C[C@@H](OC2O[C@H](CO)[C@H](O)[C@H](O[C@@H](CC3CCCCC3)C(=O)N3CCC3)[C@H]2NC(C)=O)[C@@H]1O[C@@H]1O[C@@H](C)[C@@H](O)[C@@H](O)[C@@H]1O. The van der Waals surface area contributed by atoms with Gasteiger partial charge in [0.25, 0.3) is 11.8 Å². The fraction of sp³-hybridized carbons (Fsp3) is 0.914. The summed E-state index contributed by atoms with van der Waals surface area (Å²) in [6, 6.07) is -1.27. The highest BCUT2D eigenvalue weighted by Crippen LogP contribution is 2.45. The van der Waals surface area contributed by atoms with E-state index < -0.39 is 189 Å². The first kappa shape index (κ1) is 92.0. The van der Waals surface area contributed by atoms with Crippen LogP contribution >= 0.6 is 0 Å². The van der Waals surface area contributed by atoms with Gasteiger partial charge < -0.3 is 130 Å². The summed E-state index contributed by atoms with van der Waals surface area (Å²) in [4.78, 5) is 99.5. The Balaban J connectivity index is 0.690. The molecule has 5 saturated carbocycles. The minimum absolute atomic E-state index is 0.00927. The van der Waals surface area contributed by atoms with Crippen LogP contribution in [0.4, 0.5) is 0 Å². The molecular weight excluding hydrogens is 1490 g/mol. The number of aliphatic hydroxyl groups is 10. The van der Waals surface area contributed by atoms with Gasteiger partial charge in [-0.2, -0.15) is 0 Å². The predicted octanol–water partition coefficient (Wildman–Crippen LogP) is 0.423. The van der Waals surface area contributed by atoms with E-state index in [2.05, 4.69) is 21.3 Å². The number of hydrogen-bond donors (Lipinski definition) is 14. The molecule has 14 N–H and O–H groups in total. The Bertz CT molecular complexity index is 3020. The van der Waals surface area contributed by atoms with Gasteiger partial charge in [-0.15, -0.1) is 0 Å². The second-order valence-electron chi connectivity index (χ2n) is 34.3. The van der Waals surface area contributed by atoms with E-state index in [-0.39, 0.29) is 132 Å². The molecule has 652 valence electrons. The van der Waals surface area contributed by atoms with E-state index in [1.54, 1.807) is 16.7 Å². The first-order valence-corrected chi connectivity index (χ1v) is 43.0. The van der Waals surface area contributed by atoms with E-state index >= 15 is 0 Å². The van der Waals surface area contributed by atoms with E-state index in [4.69, 9.17) is 47.4 Å². The van der Waals surface area contributed by atoms with Gasteiger partial charge in [0.15, 0.2) is 18.9 Å². The number of aliphatic hydroxyl groups excluding tert-OH is 10. The standard InChI is InChI=1S/C81H136N6O27/c1-7-49-36-51(38-57(74(49)114-81-71(101)69(99)65(95)45(5)107-81)111-79-63(85-46(6)90)75(67(97)60(42-89)112-79)110-59(78(104)87-30-17-31-87)35-48-20-13-10-14-21-48)54(91)22-15-25-82-61(92)23-32-105-33-24-62(93)83-26-27-84-76(102)52-37-50(8-2)73(113-80-70(100)68(98)64(94)44(4)106-80)56(39-52)108-55-40-53(41-88)66(96)72(43(55)3)109-58(77(103)86-28-16-29-86)34-47-18-11-9-12-19-47/h43-45,47-53,55-60,63-75,79-81,88-89,94-101H,7-42H2,1-6H3,(H,82,92)(H,83,93)(H,84,102)(H,85,90)/t43-,44-,45-,49-,50-,51+,52+,53+,55+,56+,57+,58-,59-,60+,63+,64+,65+,66-,67-,68+,69+,70-,71-,72+,73+,74+,75+,79?,80-,81-/m0/s1. The highest BCUT2D eigenvalue weighted by Gasteiger charge is 2.56. The number of rotatable bonds is 38. The van der Waals surface area contributed by atoms with Crippen molar-refractivity contribution in [1.82, 2.24) is 31.1 Å². The molecule has 33 nitrogen and oxygen atoms in total. The van der Waals surface area contributed by atoms with E-state index in [1.807, 2.05) is 20.8 Å². The van der Waals surface area contributed by atoms with Gasteiger partial charge in [-0.3, -0.25) is 33.6 Å². The zero-order valence-electron chi connectivity index (χ0n) is 67.7. The van der Waals surface area contributed by atoms with Crippen molar-refractivity contribution in [2.24, 2.45) is 47.3 Å². The molecule has 5 aliphatic heterocycles. The fourth-order valence-electron chi connectivity index (χ4n) is 18.8. The van der Waals surface area contributed by atoms with Crippen LogP contribution in [-0.2, 0) is 80.9 Å². The molecular formula is C81H136N6O27. The van der Waals surface area contributed by atoms with Crippen molar-refractivity contribution in [3.8, 4) is 0 Å². The zero-order chi connectivity index (χ0) is 82.0. The molecule has 10 fully saturated rings. The van der Waals surface area contributed by atoms with E-state index in [0.717, 1.165) is 77.0 Å². The van der Waals surface area contributed by atoms with Crippen molar-refractivity contribution >= 4 is 41.2 Å². The van der Waals surface area contributed by atoms with Gasteiger partial charge in [0.05, 0.1) is 74.8 Å². The Morgan fingerprint density at radius 3 is 1.45 bits per heavy atom. The summed E-state index contributed by atoms with van der Waals surface area (Å²) in [5, 5.41) is 122. The normalized spacial score (nSPS) is 38.4. The molecule has 5 saturated heterocycles. The molecule has 0 radical (unpaired) electrons. The van der Waals surface area contributed by atoms with Gasteiger partial charge in [-0.25, -0.2) is 0 Å². The van der Waals surface area contributed by atoms with Gasteiger partial charge in [0, 0.05) is 102 Å². The van der Waals surface area contributed by atoms with Crippen LogP contribution in [0.3, 0.4) is 0 Å². The number of nitrogens with one attached hydrogen (secondary N) is 4. The average molecular weight is 1630 g/mol. The third kappa shape index (κ3) is 24.1. The Morgan fingerprint density at radius 1 is 0.465 bits per heavy atom. The lowest BCUT2D eigenvalue weighted by Gasteiger charge is -2.49. The maximum atomic E-state index is 14.4. The van der Waals surface area contributed by atoms with Crippen molar-refractivity contribution in [2.45, 2.75) is 349 Å². The van der Waals surface area contributed by atoms with Crippen LogP contribution in [0.25, 0.3) is 0 Å². The number of carbonyl (C=O) groups is 7. The summed E-state index contributed by atoms with van der Waals surface area (Å²) in [6.45, 7) is 11.6. The molecule has 0 aromatic carbocycles. The molecule has 5 heterocycles. The summed E-state index contributed by atoms with van der Waals surface area (Å²) < 4.78 is 64.3. The maximum absolute atomic E-state index is 14.4. The third-order valence-corrected chi connectivity index (χ3v) is 26.2. The number of nitrogens with zero attached hydrogens (tertiary/aromatic N) is 2. The minimum atomic E-state index is -1.69. The summed E-state index contributed by atoms with van der Waals surface area (Å²) in [5.41, 5.74) is 0. The van der Waals surface area contributed by atoms with Gasteiger partial charge >= 0.3 is 0 Å². The largest absolute Gasteiger partial charge is 0.396 e. The molecule has 30 atom stereocenters. The van der Waals surface area contributed by atoms with Crippen molar-refractivity contribution in [3.05, 3.63) is 0 Å². The Labute approximate surface area is 670 Å². The lowest BCUT2D eigenvalue weighted by Crippen LogP contribution is -2.67. The van der Waals surface area contributed by atoms with Crippen LogP contribution in [0.2, 0.25) is 0 Å². The lowest BCUT2D eigenvalue weighted by molar-refractivity contribution is -0.338. The molecule has 114 heavy (non-hydrogen) atoms. The maximum Gasteiger partial charge on any atom is 0.251 e. The first-order chi connectivity index (χ1) is 54.7. The molecule has 0 bridgehead atoms. The molecule has 10 rings (SSSR count). The van der Waals surface area contributed by atoms with Crippen LogP contribution in [0.1, 0.15) is 202 Å². The van der Waals surface area contributed by atoms with Crippen molar-refractivity contribution in [2.75, 3.05) is 72.2 Å². The average Bonchev–Trinajstić information content (AvgIpc) is 0.773. The highest BCUT2D eigenvalue weighted by molar-refractivity contribution is 5.83.